The minimum Gasteiger partial charge on any atom is -0.481 e. The highest BCUT2D eigenvalue weighted by atomic mass is 16.4. The third-order valence-corrected chi connectivity index (χ3v) is 9.62. The summed E-state index contributed by atoms with van der Waals surface area (Å²) in [5.41, 5.74) is 13.1. The van der Waals surface area contributed by atoms with Crippen LogP contribution in [0.4, 0.5) is 34.8 Å². The molecule has 26 heteroatoms. The summed E-state index contributed by atoms with van der Waals surface area (Å²) in [5, 5.41) is 49.8. The van der Waals surface area contributed by atoms with Gasteiger partial charge in [-0.25, -0.2) is 19.6 Å². The van der Waals surface area contributed by atoms with E-state index in [1.807, 2.05) is 4.90 Å². The van der Waals surface area contributed by atoms with Gasteiger partial charge in [0.15, 0.2) is 17.0 Å². The second kappa shape index (κ2) is 21.3. The maximum absolute atomic E-state index is 12.3. The summed E-state index contributed by atoms with van der Waals surface area (Å²) >= 11 is 0. The zero-order chi connectivity index (χ0) is 47.4. The molecule has 2 aromatic carbocycles. The molecule has 0 saturated heterocycles. The van der Waals surface area contributed by atoms with E-state index < -0.39 is 53.3 Å². The van der Waals surface area contributed by atoms with E-state index >= 15 is 0 Å². The third-order valence-electron chi connectivity index (χ3n) is 9.62. The number of nitrogens with one attached hydrogen (secondary N) is 7. The van der Waals surface area contributed by atoms with Crippen LogP contribution in [0.1, 0.15) is 52.1 Å². The number of fused-ring (bicyclic) bond motifs is 2. The van der Waals surface area contributed by atoms with Gasteiger partial charge in [0.25, 0.3) is 22.9 Å². The summed E-state index contributed by atoms with van der Waals surface area (Å²) in [7, 11) is 1.79. The standard InChI is InChI=1S/C20H25N7O6.C19H19N7O6/c1-27-12(9-23-16-15(27)18(31)26-20(21)25-16)8-22-11-4-2-10(3-5-11)17(30)24-13(19(32)33)6-7-14(28)29;20-19-25-15-14(17(30)26-19)23-11(8-22-15)7-21-10-3-1-9(2-4-10)16(29)24-12(18(31)32)5-6-13(27)28/h2-5,12-13,22H,6-9H2,1H3,(H,24,30)(H,28,29)(H,32,33)(H4,21,23,25,26,31);1-4,8,12,21H,5-7H2,(H,24,29)(H,27,28)(H,31,32)(H3,20,22,25,26,30)/t12-,13?;/m0./s1. The number of H-pyrrole nitrogens is 2. The molecule has 0 radical (unpaired) electrons. The topological polar surface area (TPSA) is 416 Å². The van der Waals surface area contributed by atoms with Crippen molar-refractivity contribution in [2.45, 2.75) is 50.4 Å². The van der Waals surface area contributed by atoms with Crippen molar-refractivity contribution in [3.8, 4) is 0 Å². The first-order valence-electron chi connectivity index (χ1n) is 19.4. The molecule has 0 aliphatic carbocycles. The first-order valence-corrected chi connectivity index (χ1v) is 19.4. The van der Waals surface area contributed by atoms with Crippen LogP contribution >= 0.6 is 0 Å². The number of aromatic amines is 2. The molecule has 1 aliphatic heterocycles. The fourth-order valence-electron chi connectivity index (χ4n) is 6.17. The predicted molar refractivity (Wildman–Crippen MR) is 233 cm³/mol. The van der Waals surface area contributed by atoms with Crippen molar-refractivity contribution in [2.75, 3.05) is 52.5 Å². The molecule has 0 fully saturated rings. The molecule has 3 aromatic heterocycles. The van der Waals surface area contributed by atoms with E-state index in [9.17, 15) is 43.5 Å². The molecule has 15 N–H and O–H groups in total. The summed E-state index contributed by atoms with van der Waals surface area (Å²) in [5.74, 6) is -5.75. The molecule has 0 saturated carbocycles. The van der Waals surface area contributed by atoms with Crippen LogP contribution in [-0.2, 0) is 25.7 Å². The normalized spacial score (nSPS) is 13.7. The van der Waals surface area contributed by atoms with Crippen molar-refractivity contribution >= 4 is 81.6 Å². The fraction of sp³-hybridized carbons (Fsp3) is 0.282. The van der Waals surface area contributed by atoms with Crippen LogP contribution in [0.25, 0.3) is 11.2 Å². The Labute approximate surface area is 365 Å². The number of hydrogen-bond acceptors (Lipinski definition) is 18. The van der Waals surface area contributed by atoms with E-state index in [4.69, 9.17) is 26.8 Å². The number of rotatable bonds is 18. The van der Waals surface area contributed by atoms with Crippen molar-refractivity contribution < 1.29 is 49.2 Å². The average molecular weight is 901 g/mol. The number of nitrogen functional groups attached to an aromatic ring is 2. The van der Waals surface area contributed by atoms with Gasteiger partial charge in [-0.1, -0.05) is 0 Å². The number of carbonyl (C=O) groups excluding carboxylic acids is 2. The number of carbonyl (C=O) groups is 6. The number of nitrogens with two attached hydrogens (primary N) is 2. The van der Waals surface area contributed by atoms with Crippen LogP contribution in [0.3, 0.4) is 0 Å². The molecular weight excluding hydrogens is 857 g/mol. The average Bonchev–Trinajstić information content (AvgIpc) is 3.25. The van der Waals surface area contributed by atoms with Crippen molar-refractivity contribution in [1.82, 2.24) is 40.5 Å². The largest absolute Gasteiger partial charge is 0.481 e. The Kier molecular flexibility index (Phi) is 15.5. The maximum atomic E-state index is 12.3. The molecule has 2 amide bonds. The number of aliphatic carboxylic acids is 4. The van der Waals surface area contributed by atoms with Crippen LogP contribution in [0.5, 0.6) is 0 Å². The summed E-state index contributed by atoms with van der Waals surface area (Å²) in [6.45, 7) is 1.24. The first-order chi connectivity index (χ1) is 30.9. The molecule has 0 spiro atoms. The van der Waals surface area contributed by atoms with Crippen LogP contribution in [-0.4, -0.2) is 124 Å². The van der Waals surface area contributed by atoms with Gasteiger partial charge in [-0.15, -0.1) is 0 Å². The summed E-state index contributed by atoms with van der Waals surface area (Å²) in [4.78, 5) is 115. The number of aromatic nitrogens is 6. The van der Waals surface area contributed by atoms with Gasteiger partial charge in [0.05, 0.1) is 24.5 Å². The van der Waals surface area contributed by atoms with Crippen LogP contribution in [0.15, 0.2) is 64.3 Å². The molecule has 4 heterocycles. The van der Waals surface area contributed by atoms with E-state index in [2.05, 4.69) is 56.5 Å². The summed E-state index contributed by atoms with van der Waals surface area (Å²) in [6.07, 6.45) is 0.254. The fourth-order valence-corrected chi connectivity index (χ4v) is 6.17. The third kappa shape index (κ3) is 13.1. The highest BCUT2D eigenvalue weighted by molar-refractivity contribution is 5.97. The van der Waals surface area contributed by atoms with Crippen molar-refractivity contribution in [3.05, 3.63) is 92.3 Å². The monoisotopic (exact) mass is 900 g/mol. The molecule has 65 heavy (non-hydrogen) atoms. The van der Waals surface area contributed by atoms with Crippen LogP contribution in [0, 0.1) is 0 Å². The number of amides is 2. The molecule has 1 aliphatic rings. The molecular formula is C39H44N14O12. The van der Waals surface area contributed by atoms with Crippen molar-refractivity contribution in [3.63, 3.8) is 0 Å². The zero-order valence-corrected chi connectivity index (χ0v) is 34.3. The number of nitrogens with zero attached hydrogens (tertiary/aromatic N) is 5. The molecule has 342 valence electrons. The SMILES string of the molecule is CN1c2c(nc(N)[nH]c2=O)NC[C@@H]1CNc1ccc(C(=O)NC(CCC(=O)O)C(=O)O)cc1.Nc1nc2ncc(CNc3ccc(C(=O)NC(CCC(=O)O)C(=O)O)cc3)nc2c(=O)[nH]1. The molecule has 26 nitrogen and oxygen atoms in total. The quantitative estimate of drug-likeness (QED) is 0.0537. The minimum atomic E-state index is -1.31. The maximum Gasteiger partial charge on any atom is 0.326 e. The number of carboxylic acids is 4. The van der Waals surface area contributed by atoms with E-state index in [-0.39, 0.29) is 78.0 Å². The van der Waals surface area contributed by atoms with Gasteiger partial charge in [0.2, 0.25) is 11.9 Å². The Hall–Kier alpha value is -8.84. The summed E-state index contributed by atoms with van der Waals surface area (Å²) in [6, 6.07) is 9.89. The second-order valence-corrected chi connectivity index (χ2v) is 14.3. The molecule has 6 rings (SSSR count). The Morgan fingerprint density at radius 2 is 1.25 bits per heavy atom. The molecule has 5 aromatic rings. The predicted octanol–water partition coefficient (Wildman–Crippen LogP) is -0.302. The van der Waals surface area contributed by atoms with E-state index in [1.54, 1.807) is 31.3 Å². The Morgan fingerprint density at radius 3 is 1.77 bits per heavy atom. The lowest BCUT2D eigenvalue weighted by Gasteiger charge is -2.35. The van der Waals surface area contributed by atoms with Gasteiger partial charge in [-0.05, 0) is 61.4 Å². The highest BCUT2D eigenvalue weighted by Gasteiger charge is 2.27. The number of benzene rings is 2. The number of likely N-dealkylation sites (N-methyl/N-ethyl adjacent to an activating group) is 1. The first kappa shape index (κ1) is 47.2. The summed E-state index contributed by atoms with van der Waals surface area (Å²) < 4.78 is 0. The van der Waals surface area contributed by atoms with Gasteiger partial charge < -0.3 is 63.4 Å². The number of hydrogen-bond donors (Lipinski definition) is 13. The Morgan fingerprint density at radius 1 is 0.738 bits per heavy atom. The Bertz CT molecular complexity index is 2690. The van der Waals surface area contributed by atoms with Gasteiger partial charge in [0.1, 0.15) is 17.8 Å². The number of carboxylic acid groups (broad SMARTS) is 4. The lowest BCUT2D eigenvalue weighted by Crippen LogP contribution is -2.48. The van der Waals surface area contributed by atoms with Crippen molar-refractivity contribution in [2.24, 2.45) is 0 Å². The minimum absolute atomic E-state index is 0.0388. The van der Waals surface area contributed by atoms with Gasteiger partial charge in [-0.3, -0.25) is 38.7 Å². The Balaban J connectivity index is 0.000000244. The zero-order valence-electron chi connectivity index (χ0n) is 34.3. The molecule has 3 atom stereocenters. The van der Waals surface area contributed by atoms with E-state index in [0.717, 1.165) is 5.69 Å². The lowest BCUT2D eigenvalue weighted by atomic mass is 10.1. The van der Waals surface area contributed by atoms with Crippen molar-refractivity contribution in [1.29, 1.82) is 0 Å². The molecule has 2 unspecified atom stereocenters. The van der Waals surface area contributed by atoms with Crippen LogP contribution in [0.2, 0.25) is 0 Å². The van der Waals surface area contributed by atoms with E-state index in [0.29, 0.717) is 36.0 Å². The van der Waals surface area contributed by atoms with Gasteiger partial charge >= 0.3 is 23.9 Å². The smallest absolute Gasteiger partial charge is 0.326 e. The lowest BCUT2D eigenvalue weighted by molar-refractivity contribution is -0.142. The highest BCUT2D eigenvalue weighted by Crippen LogP contribution is 2.25. The molecule has 0 bridgehead atoms. The number of anilines is 6. The van der Waals surface area contributed by atoms with Gasteiger partial charge in [0, 0.05) is 55.5 Å². The van der Waals surface area contributed by atoms with Gasteiger partial charge in [-0.2, -0.15) is 9.97 Å². The second-order valence-electron chi connectivity index (χ2n) is 14.3. The van der Waals surface area contributed by atoms with Crippen LogP contribution < -0.4 is 54.1 Å². The van der Waals surface area contributed by atoms with E-state index in [1.165, 1.54) is 30.5 Å².